The topological polar surface area (TPSA) is 485 Å². The van der Waals surface area contributed by atoms with Gasteiger partial charge >= 0.3 is 5.97 Å². The number of benzene rings is 12. The predicted octanol–water partition coefficient (Wildman–Crippen LogP) is 15.6. The minimum Gasteiger partial charge on any atom is -0.496 e. The maximum absolute atomic E-state index is 15.4. The summed E-state index contributed by atoms with van der Waals surface area (Å²) in [6, 6.07) is 59.1. The summed E-state index contributed by atoms with van der Waals surface area (Å²) in [5.74, 6) is -12.2. The quantitative estimate of drug-likeness (QED) is 0.0124. The second-order valence-electron chi connectivity index (χ2n) is 32.0. The lowest BCUT2D eigenvalue weighted by molar-refractivity contribution is -0.119. The summed E-state index contributed by atoms with van der Waals surface area (Å²) in [6.45, 7) is 0.444. The second kappa shape index (κ2) is 48.8. The Labute approximate surface area is 806 Å². The highest BCUT2D eigenvalue weighted by Gasteiger charge is 2.31. The maximum atomic E-state index is 15.4. The third-order valence-electron chi connectivity index (χ3n) is 21.9. The highest BCUT2D eigenvalue weighted by Crippen LogP contribution is 2.44. The number of aliphatic hydroxyl groups is 2. The number of aromatic amines is 1. The van der Waals surface area contributed by atoms with Crippen molar-refractivity contribution in [3.05, 3.63) is 333 Å². The van der Waals surface area contributed by atoms with Crippen LogP contribution in [0.2, 0.25) is 0 Å². The van der Waals surface area contributed by atoms with Crippen LogP contribution in [0.25, 0.3) is 10.8 Å². The van der Waals surface area contributed by atoms with Gasteiger partial charge in [-0.1, -0.05) is 135 Å². The summed E-state index contributed by atoms with van der Waals surface area (Å²) in [5, 5.41) is 49.3. The number of imidazole rings is 1. The van der Waals surface area contributed by atoms with Crippen LogP contribution in [0.1, 0.15) is 152 Å². The van der Waals surface area contributed by atoms with Crippen LogP contribution in [-0.4, -0.2) is 132 Å². The summed E-state index contributed by atoms with van der Waals surface area (Å²) in [5.41, 5.74) is 6.34. The van der Waals surface area contributed by atoms with E-state index >= 15 is 9.59 Å². The number of aromatic nitrogens is 2. The normalized spacial score (nSPS) is 11.0. The van der Waals surface area contributed by atoms with Crippen molar-refractivity contribution < 1.29 is 110 Å². The number of ketones is 1. The Hall–Kier alpha value is -17.5. The average molecular weight is 1920 g/mol. The molecule has 0 spiro atoms. The molecule has 0 aliphatic carbocycles. The van der Waals surface area contributed by atoms with E-state index in [0.29, 0.717) is 34.4 Å². The summed E-state index contributed by atoms with van der Waals surface area (Å²) < 4.78 is 71.6. The molecule has 0 aliphatic rings. The van der Waals surface area contributed by atoms with E-state index in [-0.39, 0.29) is 177 Å². The standard InChI is InChI=1S/C105H99F2N13O21/c1-5-61(2)99(128)116-83-45-74(105(134)136-4)51-90(141-59-66-22-27-67-19-12-13-20-68(67)41-66)98(83)120-104(133)72-43-81(113-91(124)21-14-38-108)95(88(49-72)138-56-63-17-10-7-11-18-63)117-101(130)69-28-34-78(85(46-69)135-3)84(123)54-110-100(129)71-42-80(114-92(125)36-39-121)97(87(48-71)139-57-64-23-30-75(106)31-24-64)119-103(132)73-44-82(115-93(126)37-40-122)96(89(50-73)140-58-65-25-32-76(107)33-26-65)118-102(131)70-29-35-79(112-94(127)52-77-53-109-60-111-77)86(47-70)137-55-62-15-8-6-9-16-62/h6-13,15-20,22-35,41-51,53,60-61,121-122H,5,14,21,36-40,52,54-59,108H2,1-4H3,(H,109,111)(H,110,129)(H,112,127)(H,113,124)(H,114,125)(H,115,126)(H,116,128)(H,117,130)(H,118,131)(H,119,132)(H,120,133). The summed E-state index contributed by atoms with van der Waals surface area (Å²) in [7, 11) is 2.39. The van der Waals surface area contributed by atoms with Gasteiger partial charge in [-0.05, 0) is 173 Å². The zero-order valence-electron chi connectivity index (χ0n) is 76.8. The van der Waals surface area contributed by atoms with Gasteiger partial charge in [0.1, 0.15) is 102 Å². The van der Waals surface area contributed by atoms with E-state index in [1.54, 1.807) is 67.7 Å². The van der Waals surface area contributed by atoms with Gasteiger partial charge in [0.2, 0.25) is 29.5 Å². The number of methoxy groups -OCH3 is 2. The molecule has 13 aromatic rings. The van der Waals surface area contributed by atoms with E-state index in [9.17, 15) is 66.9 Å². The number of halogens is 2. The van der Waals surface area contributed by atoms with Gasteiger partial charge in [0.15, 0.2) is 5.78 Å². The molecule has 141 heavy (non-hydrogen) atoms. The van der Waals surface area contributed by atoms with Crippen LogP contribution in [0, 0.1) is 17.6 Å². The lowest BCUT2D eigenvalue weighted by atomic mass is 10.0. The molecule has 12 aromatic carbocycles. The lowest BCUT2D eigenvalue weighted by Crippen LogP contribution is -2.30. The Morgan fingerprint density at radius 1 is 0.397 bits per heavy atom. The molecule has 0 bridgehead atoms. The number of nitrogens with zero attached hydrogens (tertiary/aromatic N) is 1. The molecular weight excluding hydrogens is 1820 g/mol. The van der Waals surface area contributed by atoms with Gasteiger partial charge in [-0.25, -0.2) is 18.6 Å². The number of nitrogens with one attached hydrogen (secondary N) is 11. The molecule has 1 unspecified atom stereocenters. The minimum absolute atomic E-state index is 0.0124. The maximum Gasteiger partial charge on any atom is 0.338 e. The van der Waals surface area contributed by atoms with Crippen molar-refractivity contribution in [2.45, 2.75) is 85.4 Å². The summed E-state index contributed by atoms with van der Waals surface area (Å²) in [6.07, 6.45) is 2.32. The molecule has 1 atom stereocenters. The number of hydrogen-bond acceptors (Lipinski definition) is 23. The fourth-order valence-corrected chi connectivity index (χ4v) is 14.2. The largest absolute Gasteiger partial charge is 0.496 e. The number of Topliss-reactive ketones (excluding diaryl/α,β-unsaturated/α-hetero) is 1. The number of nitrogens with two attached hydrogens (primary N) is 1. The molecule has 1 aromatic heterocycles. The summed E-state index contributed by atoms with van der Waals surface area (Å²) in [4.78, 5) is 179. The Balaban J connectivity index is 0.802. The van der Waals surface area contributed by atoms with Crippen LogP contribution in [0.3, 0.4) is 0 Å². The molecule has 10 amide bonds. The van der Waals surface area contributed by atoms with Crippen molar-refractivity contribution in [2.24, 2.45) is 11.7 Å². The van der Waals surface area contributed by atoms with Crippen LogP contribution in [-0.2, 0) is 68.2 Å². The molecule has 34 nitrogen and oxygen atoms in total. The van der Waals surface area contributed by atoms with Crippen molar-refractivity contribution in [3.63, 3.8) is 0 Å². The highest BCUT2D eigenvalue weighted by molar-refractivity contribution is 6.17. The van der Waals surface area contributed by atoms with Crippen molar-refractivity contribution in [1.29, 1.82) is 0 Å². The zero-order chi connectivity index (χ0) is 100. The molecule has 0 aliphatic heterocycles. The first kappa shape index (κ1) is 101. The highest BCUT2D eigenvalue weighted by atomic mass is 19.1. The van der Waals surface area contributed by atoms with Gasteiger partial charge in [-0.15, -0.1) is 0 Å². The van der Waals surface area contributed by atoms with E-state index in [0.717, 1.165) is 58.8 Å². The molecule has 0 saturated carbocycles. The number of carbonyl (C=O) groups is 12. The number of H-pyrrole nitrogens is 1. The SMILES string of the molecule is CCC(C)C(=O)Nc1cc(C(=O)OC)cc(OCc2ccc3ccccc3c2)c1NC(=O)c1cc(NC(=O)CCCN)c(NC(=O)c2ccc(C(=O)CNC(=O)c3cc(NC(=O)CCO)c(NC(=O)c4cc(NC(=O)CCO)c(NC(=O)c5ccc(NC(=O)Cc6c[nH]cn6)c(OCc6ccccc6)c5)c(OCc5ccc(F)cc5)c4)c(OCc4ccc(F)cc4)c3)c(OC)c2)c(OCc2ccccc2)c1. The first-order valence-electron chi connectivity index (χ1n) is 44.5. The molecule has 724 valence electrons. The number of esters is 1. The molecule has 36 heteroatoms. The number of amides is 10. The van der Waals surface area contributed by atoms with Gasteiger partial charge < -0.3 is 107 Å². The van der Waals surface area contributed by atoms with Crippen LogP contribution in [0.5, 0.6) is 34.5 Å². The number of anilines is 9. The van der Waals surface area contributed by atoms with E-state index in [1.165, 1.54) is 112 Å². The van der Waals surface area contributed by atoms with Crippen LogP contribution < -0.4 is 87.3 Å². The van der Waals surface area contributed by atoms with Crippen molar-refractivity contribution in [3.8, 4) is 34.5 Å². The predicted molar refractivity (Wildman–Crippen MR) is 523 cm³/mol. The molecular formula is C105H99F2N13O21. The minimum atomic E-state index is -1.06. The number of ether oxygens (including phenoxy) is 7. The third kappa shape index (κ3) is 27.7. The van der Waals surface area contributed by atoms with Gasteiger partial charge in [-0.2, -0.15) is 0 Å². The number of fused-ring (bicyclic) bond motifs is 1. The number of hydrogen-bond donors (Lipinski definition) is 14. The van der Waals surface area contributed by atoms with Crippen LogP contribution in [0.4, 0.5) is 60.0 Å². The third-order valence-corrected chi connectivity index (χ3v) is 21.9. The molecule has 15 N–H and O–H groups in total. The first-order valence-corrected chi connectivity index (χ1v) is 44.5. The van der Waals surface area contributed by atoms with Crippen molar-refractivity contribution in [2.75, 3.05) is 88.4 Å². The van der Waals surface area contributed by atoms with Crippen LogP contribution in [0.15, 0.2) is 249 Å². The zero-order valence-corrected chi connectivity index (χ0v) is 76.8. The lowest BCUT2D eigenvalue weighted by Gasteiger charge is -2.21. The van der Waals surface area contributed by atoms with Crippen molar-refractivity contribution in [1.82, 2.24) is 15.3 Å². The van der Waals surface area contributed by atoms with E-state index in [4.69, 9.17) is 38.9 Å². The molecule has 13 rings (SSSR count). The monoisotopic (exact) mass is 1920 g/mol. The average Bonchev–Trinajstić information content (AvgIpc) is 0.977. The Morgan fingerprint density at radius 3 is 1.27 bits per heavy atom. The van der Waals surface area contributed by atoms with Crippen molar-refractivity contribution >= 4 is 133 Å². The number of carbonyl (C=O) groups excluding carboxylic acids is 12. The van der Waals surface area contributed by atoms with E-state index in [2.05, 4.69) is 63.1 Å². The smallest absolute Gasteiger partial charge is 0.338 e. The Morgan fingerprint density at radius 2 is 0.801 bits per heavy atom. The fraction of sp³-hybridized carbons (Fsp3) is 0.190. The fourth-order valence-electron chi connectivity index (χ4n) is 14.2. The van der Waals surface area contributed by atoms with Gasteiger partial charge in [0, 0.05) is 46.4 Å². The Bertz CT molecular complexity index is 6800. The van der Waals surface area contributed by atoms with Crippen LogP contribution >= 0.6 is 0 Å². The molecule has 1 heterocycles. The van der Waals surface area contributed by atoms with E-state index < -0.39 is 128 Å². The summed E-state index contributed by atoms with van der Waals surface area (Å²) >= 11 is 0. The van der Waals surface area contributed by atoms with E-state index in [1.807, 2.05) is 55.5 Å². The Kier molecular flexibility index (Phi) is 34.9. The number of aliphatic hydroxyl groups excluding tert-OH is 2. The number of rotatable bonds is 45. The first-order chi connectivity index (χ1) is 68.2. The molecule has 0 radical (unpaired) electrons. The van der Waals surface area contributed by atoms with Gasteiger partial charge in [0.05, 0.1) is 105 Å². The van der Waals surface area contributed by atoms with Gasteiger partial charge in [0.25, 0.3) is 29.5 Å². The molecule has 0 fully saturated rings. The van der Waals surface area contributed by atoms with Gasteiger partial charge in [-0.3, -0.25) is 52.7 Å². The molecule has 0 saturated heterocycles. The second-order valence-corrected chi connectivity index (χ2v) is 32.0.